The monoisotopic (exact) mass is 577 g/mol. The minimum Gasteiger partial charge on any atom is -0.459 e. The second-order valence-electron chi connectivity index (χ2n) is 11.3. The third-order valence-electron chi connectivity index (χ3n) is 8.54. The van der Waals surface area contributed by atoms with Crippen LogP contribution in [-0.2, 0) is 25.6 Å². The van der Waals surface area contributed by atoms with Crippen molar-refractivity contribution in [3.05, 3.63) is 64.6 Å². The van der Waals surface area contributed by atoms with E-state index >= 15 is 0 Å². The first-order chi connectivity index (χ1) is 20.2. The molecule has 4 N–H and O–H groups in total. The van der Waals surface area contributed by atoms with Gasteiger partial charge in [0.05, 0.1) is 30.2 Å². The highest BCUT2D eigenvalue weighted by molar-refractivity contribution is 6.58. The number of hydrogen-bond acceptors (Lipinski definition) is 9. The number of carbonyl (C=O) groups excluding carboxylic acids is 2. The number of anilines is 1. The number of benzene rings is 1. The number of furan rings is 1. The zero-order valence-electron chi connectivity index (χ0n) is 23.9. The van der Waals surface area contributed by atoms with Gasteiger partial charge in [0.15, 0.2) is 0 Å². The number of rotatable bonds is 11. The average Bonchev–Trinajstić information content (AvgIpc) is 3.52. The Morgan fingerprint density at radius 2 is 1.98 bits per heavy atom. The number of aliphatic hydroxyl groups is 1. The van der Waals surface area contributed by atoms with Gasteiger partial charge in [-0.15, -0.1) is 0 Å². The topological polar surface area (TPSA) is 150 Å². The highest BCUT2D eigenvalue weighted by Gasteiger charge is 2.57. The molecule has 12 heteroatoms. The number of ether oxygens (including phenoxy) is 1. The molecule has 0 spiro atoms. The predicted molar refractivity (Wildman–Crippen MR) is 157 cm³/mol. The molecule has 2 amide bonds. The SMILES string of the molecule is CCC/C(=C\c1ccc(CO)o1)CC[C@H]1OB(O)C[C@H]2C1=C(COC)C[C@H]1C(=O)N(c3cccc(B(O)O)c3)C(=O)[C@H]12. The van der Waals surface area contributed by atoms with Gasteiger partial charge in [-0.05, 0) is 84.9 Å². The van der Waals surface area contributed by atoms with E-state index in [1.165, 1.54) is 12.1 Å². The molecule has 0 saturated carbocycles. The van der Waals surface area contributed by atoms with E-state index in [0.29, 0.717) is 36.5 Å². The van der Waals surface area contributed by atoms with Crippen LogP contribution in [0.1, 0.15) is 50.5 Å². The summed E-state index contributed by atoms with van der Waals surface area (Å²) in [6.07, 6.45) is 5.06. The molecule has 2 aliphatic heterocycles. The van der Waals surface area contributed by atoms with Crippen molar-refractivity contribution in [2.24, 2.45) is 17.8 Å². The maximum atomic E-state index is 13.9. The molecule has 0 unspecified atom stereocenters. The van der Waals surface area contributed by atoms with Gasteiger partial charge in [-0.3, -0.25) is 14.5 Å². The first kappa shape index (κ1) is 30.5. The molecule has 1 aromatic heterocycles. The summed E-state index contributed by atoms with van der Waals surface area (Å²) >= 11 is 0. The van der Waals surface area contributed by atoms with Crippen LogP contribution >= 0.6 is 0 Å². The van der Waals surface area contributed by atoms with Gasteiger partial charge in [0.2, 0.25) is 11.8 Å². The number of amides is 2. The third-order valence-corrected chi connectivity index (χ3v) is 8.54. The van der Waals surface area contributed by atoms with Crippen molar-refractivity contribution in [2.75, 3.05) is 18.6 Å². The van der Waals surface area contributed by atoms with Crippen molar-refractivity contribution < 1.29 is 43.6 Å². The molecule has 2 aromatic rings. The molecule has 4 atom stereocenters. The molecule has 3 aliphatic rings. The lowest BCUT2D eigenvalue weighted by molar-refractivity contribution is -0.122. The number of hydrogen-bond donors (Lipinski definition) is 4. The number of carbonyl (C=O) groups is 2. The fourth-order valence-electron chi connectivity index (χ4n) is 6.81. The quantitative estimate of drug-likeness (QED) is 0.179. The standard InChI is InChI=1S/C30H37B2NO9/c1-3-5-18(12-22-9-10-23(16-34)41-22)8-11-26-27-19(17-40-2)13-24-28(25(27)15-31(37)42-26)30(36)33(29(24)35)21-7-4-6-20(14-21)32(38)39/h4,6-7,9-10,12,14,24-26,28,34,37-39H,3,5,8,11,13,15-17H2,1-2H3/b18-12+/t24-,25+,26-,28-/m1/s1. The van der Waals surface area contributed by atoms with Gasteiger partial charge < -0.3 is 34.0 Å². The van der Waals surface area contributed by atoms with Crippen LogP contribution in [0.3, 0.4) is 0 Å². The van der Waals surface area contributed by atoms with E-state index in [4.69, 9.17) is 13.8 Å². The molecule has 3 heterocycles. The third kappa shape index (κ3) is 6.06. The fraction of sp³-hybridized carbons (Fsp3) is 0.467. The Labute approximate surface area is 245 Å². The van der Waals surface area contributed by atoms with Crippen LogP contribution in [0.5, 0.6) is 0 Å². The Kier molecular flexibility index (Phi) is 9.51. The van der Waals surface area contributed by atoms with Crippen LogP contribution in [-0.4, -0.2) is 66.1 Å². The number of allylic oxidation sites excluding steroid dienone is 1. The highest BCUT2D eigenvalue weighted by Crippen LogP contribution is 2.51. The van der Waals surface area contributed by atoms with Crippen molar-refractivity contribution in [2.45, 2.75) is 58.1 Å². The van der Waals surface area contributed by atoms with Crippen LogP contribution in [0.4, 0.5) is 5.69 Å². The van der Waals surface area contributed by atoms with E-state index in [2.05, 4.69) is 6.92 Å². The van der Waals surface area contributed by atoms with E-state index in [1.54, 1.807) is 25.3 Å². The Morgan fingerprint density at radius 1 is 1.17 bits per heavy atom. The lowest BCUT2D eigenvalue weighted by atomic mass is 9.58. The summed E-state index contributed by atoms with van der Waals surface area (Å²) in [5.41, 5.74) is 3.47. The van der Waals surface area contributed by atoms with Gasteiger partial charge in [0, 0.05) is 7.11 Å². The summed E-state index contributed by atoms with van der Waals surface area (Å²) in [7, 11) is -1.23. The van der Waals surface area contributed by atoms with Crippen LogP contribution in [0, 0.1) is 17.8 Å². The lowest BCUT2D eigenvalue weighted by Gasteiger charge is -2.43. The number of fused-ring (bicyclic) bond motifs is 3. The number of imide groups is 1. The van der Waals surface area contributed by atoms with Gasteiger partial charge >= 0.3 is 14.2 Å². The molecule has 1 aliphatic carbocycles. The first-order valence-corrected chi connectivity index (χ1v) is 14.5. The Morgan fingerprint density at radius 3 is 2.67 bits per heavy atom. The summed E-state index contributed by atoms with van der Waals surface area (Å²) in [5, 5.41) is 39.4. The van der Waals surface area contributed by atoms with Crippen LogP contribution in [0.25, 0.3) is 6.08 Å². The maximum absolute atomic E-state index is 13.9. The van der Waals surface area contributed by atoms with Crippen molar-refractivity contribution in [3.8, 4) is 0 Å². The lowest BCUT2D eigenvalue weighted by Crippen LogP contribution is -2.46. The minimum atomic E-state index is -1.73. The van der Waals surface area contributed by atoms with Gasteiger partial charge in [0.1, 0.15) is 18.1 Å². The molecule has 42 heavy (non-hydrogen) atoms. The number of methoxy groups -OCH3 is 1. The van der Waals surface area contributed by atoms with Crippen molar-refractivity contribution in [3.63, 3.8) is 0 Å². The van der Waals surface area contributed by atoms with E-state index in [-0.39, 0.29) is 36.8 Å². The molecule has 0 radical (unpaired) electrons. The predicted octanol–water partition coefficient (Wildman–Crippen LogP) is 2.06. The highest BCUT2D eigenvalue weighted by atomic mass is 16.5. The van der Waals surface area contributed by atoms with E-state index in [0.717, 1.165) is 34.5 Å². The first-order valence-electron chi connectivity index (χ1n) is 14.5. The molecule has 5 rings (SSSR count). The molecule has 0 bridgehead atoms. The maximum Gasteiger partial charge on any atom is 0.488 e. The average molecular weight is 577 g/mol. The Bertz CT molecular complexity index is 1370. The zero-order valence-corrected chi connectivity index (χ0v) is 23.9. The van der Waals surface area contributed by atoms with Crippen molar-refractivity contribution in [1.82, 2.24) is 0 Å². The van der Waals surface area contributed by atoms with Gasteiger partial charge in [-0.25, -0.2) is 0 Å². The summed E-state index contributed by atoms with van der Waals surface area (Å²) in [4.78, 5) is 28.8. The van der Waals surface area contributed by atoms with Crippen molar-refractivity contribution in [1.29, 1.82) is 0 Å². The molecule has 2 saturated heterocycles. The summed E-state index contributed by atoms with van der Waals surface area (Å²) in [6.45, 7) is 2.21. The van der Waals surface area contributed by atoms with Crippen LogP contribution < -0.4 is 10.4 Å². The minimum absolute atomic E-state index is 0.168. The molecule has 222 valence electrons. The van der Waals surface area contributed by atoms with Crippen LogP contribution in [0.2, 0.25) is 6.32 Å². The second-order valence-corrected chi connectivity index (χ2v) is 11.3. The summed E-state index contributed by atoms with van der Waals surface area (Å²) < 4.78 is 17.3. The Hall–Kier alpha value is -2.99. The molecular weight excluding hydrogens is 540 g/mol. The largest absolute Gasteiger partial charge is 0.488 e. The molecule has 10 nitrogen and oxygen atoms in total. The summed E-state index contributed by atoms with van der Waals surface area (Å²) in [6, 6.07) is 9.70. The van der Waals surface area contributed by atoms with Gasteiger partial charge in [-0.2, -0.15) is 0 Å². The van der Waals surface area contributed by atoms with E-state index < -0.39 is 38.1 Å². The Balaban J connectivity index is 1.44. The molecular formula is C30H37B2NO9. The van der Waals surface area contributed by atoms with Gasteiger partial charge in [-0.1, -0.05) is 31.1 Å². The zero-order chi connectivity index (χ0) is 30.0. The van der Waals surface area contributed by atoms with Gasteiger partial charge in [0.25, 0.3) is 0 Å². The summed E-state index contributed by atoms with van der Waals surface area (Å²) in [5.74, 6) is -1.21. The molecule has 2 fully saturated rings. The second kappa shape index (κ2) is 13.1. The van der Waals surface area contributed by atoms with E-state index in [9.17, 15) is 29.8 Å². The van der Waals surface area contributed by atoms with E-state index in [1.807, 2.05) is 12.1 Å². The number of aliphatic hydroxyl groups excluding tert-OH is 1. The van der Waals surface area contributed by atoms with Crippen LogP contribution in [0.15, 0.2) is 57.5 Å². The fourth-order valence-corrected chi connectivity index (χ4v) is 6.81. The smallest absolute Gasteiger partial charge is 0.459 e. The molecule has 1 aromatic carbocycles. The van der Waals surface area contributed by atoms with Crippen molar-refractivity contribution >= 4 is 43.3 Å². The normalized spacial score (nSPS) is 24.4. The number of nitrogens with zero attached hydrogens (tertiary/aromatic N) is 1.